The number of nitrogens with zero attached hydrogens (tertiary/aromatic N) is 5. The lowest BCUT2D eigenvalue weighted by molar-refractivity contribution is -0.155. The highest BCUT2D eigenvalue weighted by Crippen LogP contribution is 2.42. The Morgan fingerprint density at radius 2 is 1.85 bits per heavy atom. The SMILES string of the molecule is C=CC(=O)N1CCC(C(=O)N(C)[C@H](C(=O)N[C@H]2Cc3cccc(c3)-c3ccc4c(c3)c(c(-c3cccnc3[C@H](C)OC)n4CC#CC)CC(C)(C)COC(=O)[C@@H]3CCCN(N3)C2=O)C(C)C)C1. The molecule has 6 bridgehead atoms. The van der Waals surface area contributed by atoms with Gasteiger partial charge >= 0.3 is 5.97 Å². The number of hydrazine groups is 1. The molecule has 5 heterocycles. The number of pyridine rings is 1. The maximum atomic E-state index is 14.7. The molecule has 14 nitrogen and oxygen atoms in total. The summed E-state index contributed by atoms with van der Waals surface area (Å²) in [6, 6.07) is 15.7. The van der Waals surface area contributed by atoms with E-state index in [1.807, 2.05) is 52.0 Å². The van der Waals surface area contributed by atoms with Crippen LogP contribution in [0, 0.1) is 29.1 Å². The molecule has 1 unspecified atom stereocenters. The van der Waals surface area contributed by atoms with Crippen molar-refractivity contribution >= 4 is 40.5 Å². The van der Waals surface area contributed by atoms with Crippen molar-refractivity contribution < 1.29 is 33.4 Å². The van der Waals surface area contributed by atoms with E-state index in [4.69, 9.17) is 14.5 Å². The number of ether oxygens (including phenoxy) is 2. The van der Waals surface area contributed by atoms with Crippen molar-refractivity contribution in [2.24, 2.45) is 17.3 Å². The van der Waals surface area contributed by atoms with Gasteiger partial charge in [0.15, 0.2) is 0 Å². The zero-order chi connectivity index (χ0) is 48.2. The molecule has 354 valence electrons. The number of hydrogen-bond donors (Lipinski definition) is 2. The van der Waals surface area contributed by atoms with Crippen LogP contribution >= 0.6 is 0 Å². The minimum atomic E-state index is -1.06. The number of likely N-dealkylation sites (tertiary alicyclic amines) is 1. The maximum absolute atomic E-state index is 14.7. The fourth-order valence-electron chi connectivity index (χ4n) is 9.88. The van der Waals surface area contributed by atoms with Crippen molar-refractivity contribution in [1.82, 2.24) is 35.1 Å². The molecule has 0 radical (unpaired) electrons. The topological polar surface area (TPSA) is 155 Å². The van der Waals surface area contributed by atoms with Crippen LogP contribution in [0.2, 0.25) is 0 Å². The van der Waals surface area contributed by atoms with Crippen LogP contribution in [0.3, 0.4) is 0 Å². The first kappa shape index (κ1) is 48.6. The van der Waals surface area contributed by atoms with E-state index in [2.05, 4.69) is 77.9 Å². The van der Waals surface area contributed by atoms with Crippen LogP contribution in [0.5, 0.6) is 0 Å². The lowest BCUT2D eigenvalue weighted by Crippen LogP contribution is -2.62. The molecule has 0 saturated carbocycles. The fraction of sp³-hybridized carbons (Fsp3) is 0.472. The summed E-state index contributed by atoms with van der Waals surface area (Å²) in [7, 11) is 3.28. The molecular weight excluding hydrogens is 847 g/mol. The monoisotopic (exact) mass is 911 g/mol. The Hall–Kier alpha value is -6.30. The average molecular weight is 912 g/mol. The Kier molecular flexibility index (Phi) is 15.0. The minimum absolute atomic E-state index is 0.111. The second-order valence-corrected chi connectivity index (χ2v) is 19.2. The molecule has 3 aliphatic heterocycles. The smallest absolute Gasteiger partial charge is 0.324 e. The van der Waals surface area contributed by atoms with Crippen molar-refractivity contribution in [3.8, 4) is 34.2 Å². The summed E-state index contributed by atoms with van der Waals surface area (Å²) in [4.78, 5) is 77.3. The van der Waals surface area contributed by atoms with Gasteiger partial charge in [0.1, 0.15) is 18.1 Å². The van der Waals surface area contributed by atoms with E-state index in [0.717, 1.165) is 50.1 Å². The summed E-state index contributed by atoms with van der Waals surface area (Å²) in [6.07, 6.45) is 4.88. The molecular formula is C53H65N7O7. The van der Waals surface area contributed by atoms with Gasteiger partial charge in [0.2, 0.25) is 17.7 Å². The Morgan fingerprint density at radius 1 is 1.07 bits per heavy atom. The number of cyclic esters (lactones) is 1. The lowest BCUT2D eigenvalue weighted by Gasteiger charge is -2.37. The lowest BCUT2D eigenvalue weighted by atomic mass is 9.84. The number of nitrogens with one attached hydrogen (secondary N) is 2. The van der Waals surface area contributed by atoms with Gasteiger partial charge in [-0.2, -0.15) is 0 Å². The Labute approximate surface area is 394 Å². The van der Waals surface area contributed by atoms with Crippen LogP contribution in [-0.4, -0.2) is 112 Å². The number of likely N-dealkylation sites (N-methyl/N-ethyl adjacent to an activating group) is 1. The van der Waals surface area contributed by atoms with Crippen LogP contribution < -0.4 is 10.7 Å². The summed E-state index contributed by atoms with van der Waals surface area (Å²) in [5, 5.41) is 5.52. The molecule has 4 aromatic rings. The largest absolute Gasteiger partial charge is 0.464 e. The van der Waals surface area contributed by atoms with Gasteiger partial charge in [-0.1, -0.05) is 70.5 Å². The van der Waals surface area contributed by atoms with Gasteiger partial charge in [-0.05, 0) is 98.0 Å². The molecule has 4 amide bonds. The standard InChI is InChI=1S/C53H65N7O7/c1-10-12-24-59-44-21-20-37-29-40(44)41(48(59)39-18-14-23-54-46(39)34(5)66-9)30-53(6,7)32-67-52(65)42-19-15-25-60(56-42)51(64)43(28-35-16-13-17-36(37)27-35)55-49(62)47(33(3)4)57(8)50(63)38-22-26-58(31-38)45(61)11-2/h11,13-14,16-18,20-21,23,27,29,33-34,38,42-43,47,56H,2,15,19,22,24-26,28,30-32H2,1,3-9H3,(H,55,62)/t34-,38?,42-,43-,47-/m0/s1. The van der Waals surface area contributed by atoms with Crippen LogP contribution in [-0.2, 0) is 52.8 Å². The highest BCUT2D eigenvalue weighted by molar-refractivity contribution is 5.96. The van der Waals surface area contributed by atoms with E-state index in [0.29, 0.717) is 45.3 Å². The summed E-state index contributed by atoms with van der Waals surface area (Å²) in [5.74, 6) is 3.78. The predicted molar refractivity (Wildman–Crippen MR) is 258 cm³/mol. The first-order valence-electron chi connectivity index (χ1n) is 23.4. The van der Waals surface area contributed by atoms with Crippen LogP contribution in [0.25, 0.3) is 33.3 Å². The molecule has 7 rings (SSSR count). The van der Waals surface area contributed by atoms with Gasteiger partial charge in [-0.15, -0.1) is 5.92 Å². The second-order valence-electron chi connectivity index (χ2n) is 19.2. The molecule has 5 atom stereocenters. The van der Waals surface area contributed by atoms with E-state index in [-0.39, 0.29) is 43.4 Å². The summed E-state index contributed by atoms with van der Waals surface area (Å²) >= 11 is 0. The number of hydrogen-bond acceptors (Lipinski definition) is 9. The molecule has 3 aliphatic rings. The number of aromatic nitrogens is 2. The second kappa shape index (κ2) is 20.7. The fourth-order valence-corrected chi connectivity index (χ4v) is 9.88. The number of fused-ring (bicyclic) bond motifs is 6. The van der Waals surface area contributed by atoms with Crippen molar-refractivity contribution in [1.29, 1.82) is 0 Å². The zero-order valence-electron chi connectivity index (χ0n) is 40.2. The molecule has 0 spiro atoms. The third-order valence-corrected chi connectivity index (χ3v) is 13.4. The number of benzene rings is 2. The quantitative estimate of drug-likeness (QED) is 0.107. The van der Waals surface area contributed by atoms with Crippen LogP contribution in [0.4, 0.5) is 0 Å². The van der Waals surface area contributed by atoms with E-state index >= 15 is 0 Å². The first-order valence-corrected chi connectivity index (χ1v) is 23.4. The third kappa shape index (κ3) is 10.5. The normalized spacial score (nSPS) is 20.6. The van der Waals surface area contributed by atoms with Crippen molar-refractivity contribution in [2.45, 2.75) is 104 Å². The summed E-state index contributed by atoms with van der Waals surface area (Å²) < 4.78 is 14.2. The predicted octanol–water partition coefficient (Wildman–Crippen LogP) is 6.27. The van der Waals surface area contributed by atoms with Crippen molar-refractivity contribution in [3.05, 3.63) is 90.3 Å². The molecule has 0 aliphatic carbocycles. The number of amides is 4. The molecule has 2 fully saturated rings. The van der Waals surface area contributed by atoms with E-state index in [9.17, 15) is 24.0 Å². The molecule has 2 N–H and O–H groups in total. The number of carbonyl (C=O) groups excluding carboxylic acids is 5. The van der Waals surface area contributed by atoms with Crippen molar-refractivity contribution in [3.63, 3.8) is 0 Å². The van der Waals surface area contributed by atoms with Gasteiger partial charge in [-0.3, -0.25) is 34.0 Å². The summed E-state index contributed by atoms with van der Waals surface area (Å²) in [5.41, 5.74) is 10.1. The highest BCUT2D eigenvalue weighted by Gasteiger charge is 2.40. The first-order chi connectivity index (χ1) is 32.0. The number of rotatable bonds is 10. The van der Waals surface area contributed by atoms with E-state index in [1.165, 1.54) is 16.0 Å². The molecule has 2 aromatic heterocycles. The van der Waals surface area contributed by atoms with Crippen LogP contribution in [0.15, 0.2) is 73.4 Å². The van der Waals surface area contributed by atoms with E-state index in [1.54, 1.807) is 25.3 Å². The molecule has 2 saturated heterocycles. The Bertz CT molecular complexity index is 2610. The van der Waals surface area contributed by atoms with Gasteiger partial charge in [-0.25, -0.2) is 5.43 Å². The van der Waals surface area contributed by atoms with Crippen molar-refractivity contribution in [2.75, 3.05) is 40.4 Å². The molecule has 14 heteroatoms. The Morgan fingerprint density at radius 3 is 2.58 bits per heavy atom. The molecule has 67 heavy (non-hydrogen) atoms. The maximum Gasteiger partial charge on any atom is 0.324 e. The zero-order valence-corrected chi connectivity index (χ0v) is 40.2. The third-order valence-electron chi connectivity index (χ3n) is 13.4. The average Bonchev–Trinajstić information content (AvgIpc) is 3.94. The van der Waals surface area contributed by atoms with E-state index < -0.39 is 47.2 Å². The van der Waals surface area contributed by atoms with Crippen LogP contribution in [0.1, 0.15) is 83.7 Å². The highest BCUT2D eigenvalue weighted by atomic mass is 16.5. The Balaban J connectivity index is 1.31. The number of methoxy groups -OCH3 is 1. The number of esters is 1. The van der Waals surface area contributed by atoms with Gasteiger partial charge in [0, 0.05) is 68.3 Å². The van der Waals surface area contributed by atoms with Gasteiger partial charge in [0.05, 0.1) is 36.6 Å². The minimum Gasteiger partial charge on any atom is -0.464 e. The number of carbonyl (C=O) groups is 5. The van der Waals surface area contributed by atoms with Gasteiger partial charge < -0.3 is 29.2 Å². The van der Waals surface area contributed by atoms with Gasteiger partial charge in [0.25, 0.3) is 5.91 Å². The summed E-state index contributed by atoms with van der Waals surface area (Å²) in [6.45, 7) is 16.8. The molecule has 2 aromatic carbocycles.